The number of sulfone groups is 1. The van der Waals surface area contributed by atoms with Crippen molar-refractivity contribution in [1.29, 1.82) is 0 Å². The topological polar surface area (TPSA) is 273 Å². The lowest BCUT2D eigenvalue weighted by Gasteiger charge is -2.13. The molecule has 0 saturated carbocycles. The van der Waals surface area contributed by atoms with Gasteiger partial charge in [-0.2, -0.15) is 25.3 Å². The number of hydrogen-bond acceptors (Lipinski definition) is 11. The first-order valence-electron chi connectivity index (χ1n) is 13.8. The van der Waals surface area contributed by atoms with Gasteiger partial charge >= 0.3 is 0 Å². The first kappa shape index (κ1) is 38.5. The van der Waals surface area contributed by atoms with Gasteiger partial charge in [-0.1, -0.05) is 36.4 Å². The predicted octanol–water partition coefficient (Wildman–Crippen LogP) is 4.11. The lowest BCUT2D eigenvalue weighted by atomic mass is 10.1. The zero-order valence-electron chi connectivity index (χ0n) is 25.3. The van der Waals surface area contributed by atoms with Crippen molar-refractivity contribution in [2.75, 3.05) is 22.7 Å². The maximum absolute atomic E-state index is 12.8. The standard InChI is InChI=1S/C20H18ClNO10S3.C10H9NO3S/c21-5-6-33(25,26)11-12-1-3-13(4-2-12)20(24)22-17-9-15(34(27,28)29)7-14-8-16(35(30,31)32)10-18(23)19(14)17;11-9-5-6-10(15(12,13)14)8-4-2-1-3-7(8)9/h1-4,7-10,23H,5-6,11H2,(H,22,24)(H,27,28,29)(H,30,31,32);1-6H,11H2,(H,12,13,14). The van der Waals surface area contributed by atoms with Gasteiger partial charge in [-0.25, -0.2) is 8.42 Å². The highest BCUT2D eigenvalue weighted by molar-refractivity contribution is 7.90. The Morgan fingerprint density at radius 3 is 1.82 bits per heavy atom. The van der Waals surface area contributed by atoms with Gasteiger partial charge in [0.1, 0.15) is 10.6 Å². The number of alkyl halides is 1. The number of phenols is 1. The van der Waals surface area contributed by atoms with E-state index in [2.05, 4.69) is 5.32 Å². The first-order valence-corrected chi connectivity index (χ1v) is 20.5. The molecule has 50 heavy (non-hydrogen) atoms. The third kappa shape index (κ3) is 9.25. The SMILES string of the molecule is Nc1ccc(S(=O)(=O)O)c2ccccc12.O=C(Nc1cc(S(=O)(=O)O)cc2cc(S(=O)(=O)O)cc(O)c12)c1ccc(CS(=O)(=O)CCCl)cc1. The Morgan fingerprint density at radius 1 is 0.720 bits per heavy atom. The van der Waals surface area contributed by atoms with Crippen molar-refractivity contribution in [3.8, 4) is 5.75 Å². The number of anilines is 2. The largest absolute Gasteiger partial charge is 0.507 e. The summed E-state index contributed by atoms with van der Waals surface area (Å²) in [6.45, 7) is 0. The summed E-state index contributed by atoms with van der Waals surface area (Å²) in [7, 11) is -17.2. The van der Waals surface area contributed by atoms with Crippen LogP contribution in [0.3, 0.4) is 0 Å². The Labute approximate surface area is 291 Å². The molecule has 266 valence electrons. The average Bonchev–Trinajstić information content (AvgIpc) is 3.00. The highest BCUT2D eigenvalue weighted by atomic mass is 35.5. The predicted molar refractivity (Wildman–Crippen MR) is 186 cm³/mol. The highest BCUT2D eigenvalue weighted by Crippen LogP contribution is 2.37. The molecule has 0 aliphatic carbocycles. The number of phenolic OH excluding ortho intramolecular Hbond substituents is 1. The van der Waals surface area contributed by atoms with E-state index in [0.717, 1.165) is 18.2 Å². The number of carbonyl (C=O) groups is 1. The quantitative estimate of drug-likeness (QED) is 0.0697. The van der Waals surface area contributed by atoms with Gasteiger partial charge in [-0.05, 0) is 53.4 Å². The molecule has 0 aliphatic heterocycles. The molecule has 0 aliphatic rings. The number of rotatable bonds is 9. The van der Waals surface area contributed by atoms with Gasteiger partial charge in [0.25, 0.3) is 36.3 Å². The smallest absolute Gasteiger partial charge is 0.295 e. The molecule has 15 nitrogen and oxygen atoms in total. The number of benzene rings is 5. The van der Waals surface area contributed by atoms with Gasteiger partial charge in [-0.3, -0.25) is 18.5 Å². The van der Waals surface area contributed by atoms with E-state index in [0.29, 0.717) is 28.1 Å². The van der Waals surface area contributed by atoms with Crippen molar-refractivity contribution >= 4 is 90.6 Å². The molecule has 1 amide bonds. The number of nitrogen functional groups attached to an aromatic ring is 1. The maximum atomic E-state index is 12.8. The summed E-state index contributed by atoms with van der Waals surface area (Å²) in [5.41, 5.74) is 6.34. The van der Waals surface area contributed by atoms with Crippen LogP contribution in [0.1, 0.15) is 15.9 Å². The average molecular weight is 787 g/mol. The van der Waals surface area contributed by atoms with Crippen molar-refractivity contribution in [3.63, 3.8) is 0 Å². The number of fused-ring (bicyclic) bond motifs is 2. The van der Waals surface area contributed by atoms with Gasteiger partial charge < -0.3 is 16.2 Å². The van der Waals surface area contributed by atoms with E-state index in [1.165, 1.54) is 36.4 Å². The molecule has 0 heterocycles. The van der Waals surface area contributed by atoms with Crippen LogP contribution in [0, 0.1) is 0 Å². The van der Waals surface area contributed by atoms with E-state index in [9.17, 15) is 52.7 Å². The number of hydrogen-bond donors (Lipinski definition) is 6. The third-order valence-electron chi connectivity index (χ3n) is 7.01. The van der Waals surface area contributed by atoms with Crippen LogP contribution in [0.15, 0.2) is 99.6 Å². The second-order valence-corrected chi connectivity index (χ2v) is 17.4. The van der Waals surface area contributed by atoms with E-state index in [1.807, 2.05) is 0 Å². The number of aromatic hydroxyl groups is 1. The van der Waals surface area contributed by atoms with Crippen LogP contribution >= 0.6 is 11.6 Å². The lowest BCUT2D eigenvalue weighted by Crippen LogP contribution is -2.14. The third-order valence-corrected chi connectivity index (χ3v) is 11.6. The molecule has 0 saturated heterocycles. The van der Waals surface area contributed by atoms with Crippen molar-refractivity contribution in [2.45, 2.75) is 20.4 Å². The molecular formula is C30H27ClN2O13S4. The molecule has 0 radical (unpaired) electrons. The zero-order valence-corrected chi connectivity index (χ0v) is 29.3. The van der Waals surface area contributed by atoms with Gasteiger partial charge in [0.15, 0.2) is 9.84 Å². The molecular weight excluding hydrogens is 760 g/mol. The molecule has 7 N–H and O–H groups in total. The van der Waals surface area contributed by atoms with E-state index < -0.39 is 61.6 Å². The number of carbonyl (C=O) groups excluding carboxylic acids is 1. The van der Waals surface area contributed by atoms with E-state index in [-0.39, 0.29) is 44.3 Å². The first-order chi connectivity index (χ1) is 23.1. The van der Waals surface area contributed by atoms with Gasteiger partial charge in [-0.15, -0.1) is 11.6 Å². The van der Waals surface area contributed by atoms with Crippen LogP contribution in [-0.4, -0.2) is 70.0 Å². The van der Waals surface area contributed by atoms with Gasteiger partial charge in [0.2, 0.25) is 0 Å². The van der Waals surface area contributed by atoms with Crippen LogP contribution in [0.2, 0.25) is 0 Å². The molecule has 5 aromatic carbocycles. The molecule has 0 unspecified atom stereocenters. The molecule has 0 aromatic heterocycles. The second kappa shape index (κ2) is 14.5. The summed E-state index contributed by atoms with van der Waals surface area (Å²) < 4.78 is 120. The molecule has 5 aromatic rings. The Bertz CT molecular complexity index is 2570. The summed E-state index contributed by atoms with van der Waals surface area (Å²) in [6, 6.07) is 18.3. The lowest BCUT2D eigenvalue weighted by molar-refractivity contribution is 0.102. The molecule has 20 heteroatoms. The highest BCUT2D eigenvalue weighted by Gasteiger charge is 2.21. The van der Waals surface area contributed by atoms with Crippen molar-refractivity contribution in [1.82, 2.24) is 0 Å². The molecule has 0 fully saturated rings. The molecule has 0 bridgehead atoms. The zero-order chi connectivity index (χ0) is 37.2. The van der Waals surface area contributed by atoms with Crippen LogP contribution in [0.25, 0.3) is 21.5 Å². The number of halogens is 1. The fourth-order valence-corrected chi connectivity index (χ4v) is 8.31. The Hall–Kier alpha value is -4.34. The molecule has 5 rings (SSSR count). The van der Waals surface area contributed by atoms with Gasteiger partial charge in [0.05, 0.1) is 27.0 Å². The van der Waals surface area contributed by atoms with Crippen LogP contribution in [0.5, 0.6) is 5.75 Å². The maximum Gasteiger partial charge on any atom is 0.295 e. The van der Waals surface area contributed by atoms with Crippen molar-refractivity contribution < 1.29 is 57.2 Å². The van der Waals surface area contributed by atoms with Crippen LogP contribution in [0.4, 0.5) is 11.4 Å². The van der Waals surface area contributed by atoms with E-state index in [4.69, 9.17) is 21.9 Å². The number of nitrogens with one attached hydrogen (secondary N) is 1. The summed E-state index contributed by atoms with van der Waals surface area (Å²) in [4.78, 5) is 11.2. The van der Waals surface area contributed by atoms with Crippen molar-refractivity contribution in [2.24, 2.45) is 0 Å². The summed E-state index contributed by atoms with van der Waals surface area (Å²) in [6.07, 6.45) is 0. The normalized spacial score (nSPS) is 12.3. The fraction of sp³-hybridized carbons (Fsp3) is 0.100. The minimum Gasteiger partial charge on any atom is -0.507 e. The molecule has 0 spiro atoms. The Morgan fingerprint density at radius 2 is 1.28 bits per heavy atom. The minimum absolute atomic E-state index is 0.0444. The second-order valence-electron chi connectivity index (χ2n) is 10.6. The summed E-state index contributed by atoms with van der Waals surface area (Å²) in [5.74, 6) is -2.04. The Balaban J connectivity index is 0.000000310. The van der Waals surface area contributed by atoms with E-state index in [1.54, 1.807) is 24.3 Å². The van der Waals surface area contributed by atoms with Crippen molar-refractivity contribution in [3.05, 3.63) is 96.1 Å². The van der Waals surface area contributed by atoms with Gasteiger partial charge in [0, 0.05) is 39.4 Å². The fourth-order valence-electron chi connectivity index (χ4n) is 4.75. The van der Waals surface area contributed by atoms with Crippen LogP contribution in [-0.2, 0) is 45.9 Å². The number of amides is 1. The molecule has 0 atom stereocenters. The van der Waals surface area contributed by atoms with E-state index >= 15 is 0 Å². The number of nitrogens with two attached hydrogens (primary N) is 1. The monoisotopic (exact) mass is 786 g/mol. The minimum atomic E-state index is -4.82. The Kier molecular flexibility index (Phi) is 11.1. The summed E-state index contributed by atoms with van der Waals surface area (Å²) >= 11 is 5.47. The summed E-state index contributed by atoms with van der Waals surface area (Å²) in [5, 5.41) is 13.4. The van der Waals surface area contributed by atoms with Crippen LogP contribution < -0.4 is 11.1 Å².